The molecule has 8 fully saturated rings. The van der Waals surface area contributed by atoms with Crippen LogP contribution in [0.15, 0.2) is 87.2 Å². The lowest BCUT2D eigenvalue weighted by Gasteiger charge is -2.39. The third-order valence-electron chi connectivity index (χ3n) is 25.5. The summed E-state index contributed by atoms with van der Waals surface area (Å²) in [6.45, 7) is 30.4. The number of alkyl carbamates (subject to hydrolysis) is 2. The molecule has 0 spiro atoms. The van der Waals surface area contributed by atoms with E-state index in [-0.39, 0.29) is 114 Å². The quantitative estimate of drug-likeness (QED) is 0.0156. The first-order valence-corrected chi connectivity index (χ1v) is 44.5. The van der Waals surface area contributed by atoms with Gasteiger partial charge in [0.15, 0.2) is 0 Å². The van der Waals surface area contributed by atoms with Crippen LogP contribution in [0.25, 0.3) is 0 Å². The Morgan fingerprint density at radius 3 is 0.706 bits per heavy atom. The first-order chi connectivity index (χ1) is 60.6. The van der Waals surface area contributed by atoms with Crippen LogP contribution in [-0.2, 0) is 116 Å². The lowest BCUT2D eigenvalue weighted by atomic mass is 9.84. The van der Waals surface area contributed by atoms with E-state index in [4.69, 9.17) is 75.8 Å². The van der Waals surface area contributed by atoms with Crippen molar-refractivity contribution >= 4 is 65.4 Å². The molecule has 8 aliphatic heterocycles. The third kappa shape index (κ3) is 29.8. The highest BCUT2D eigenvalue weighted by molar-refractivity contribution is 5.86. The number of unbranched alkanes of at least 4 members (excludes halogenated alkanes) is 3. The molecule has 0 bridgehead atoms. The summed E-state index contributed by atoms with van der Waals surface area (Å²) < 4.78 is 86.8. The van der Waals surface area contributed by atoms with Gasteiger partial charge < -0.3 is 86.4 Å². The van der Waals surface area contributed by atoms with Crippen molar-refractivity contribution in [2.75, 3.05) is 188 Å². The largest absolute Gasteiger partial charge is 0.465 e. The molecular weight excluding hydrogens is 1640 g/mol. The Morgan fingerprint density at radius 1 is 0.294 bits per heavy atom. The lowest BCUT2D eigenvalue weighted by Crippen LogP contribution is -2.55. The maximum atomic E-state index is 13.3. The topological polar surface area (TPSA) is 410 Å². The molecule has 3 aromatic carbocycles. The van der Waals surface area contributed by atoms with Crippen molar-refractivity contribution in [2.45, 2.75) is 185 Å². The number of carbonyl (C=O) groups is 8. The van der Waals surface area contributed by atoms with Crippen LogP contribution < -0.4 is 43.7 Å². The summed E-state index contributed by atoms with van der Waals surface area (Å²) in [6, 6.07) is 23.0. The summed E-state index contributed by atoms with van der Waals surface area (Å²) in [7, 11) is 0. The highest BCUT2D eigenvalue weighted by Gasteiger charge is 2.44. The molecule has 0 saturated carbocycles. The highest BCUT2D eigenvalue weighted by Crippen LogP contribution is 2.38. The third-order valence-corrected chi connectivity index (χ3v) is 25.5. The number of ether oxygens (including phenoxy) is 16. The molecule has 0 aliphatic carbocycles. The number of aryl methyl sites for hydroxylation is 1. The van der Waals surface area contributed by atoms with Gasteiger partial charge in [-0.05, 0) is 125 Å². The van der Waals surface area contributed by atoms with Gasteiger partial charge in [0.05, 0.1) is 168 Å². The summed E-state index contributed by atoms with van der Waals surface area (Å²) in [6.07, 6.45) is 8.55. The number of anilines is 3. The van der Waals surface area contributed by atoms with Crippen molar-refractivity contribution in [3.05, 3.63) is 121 Å². The molecule has 4 aromatic rings. The molecule has 8 aliphatic rings. The number of hydrogen-bond acceptors (Lipinski definition) is 27. The molecule has 5 amide bonds. The fraction of sp³-hybridized carbons (Fsp3) is 0.681. The minimum atomic E-state index is -0.978. The van der Waals surface area contributed by atoms with E-state index >= 15 is 0 Å². The van der Waals surface area contributed by atoms with Crippen LogP contribution in [0, 0.1) is 50.2 Å². The molecule has 12 rings (SSSR count). The summed E-state index contributed by atoms with van der Waals surface area (Å²) in [5.41, 5.74) is 1.86. The molecule has 0 radical (unpaired) electrons. The first-order valence-electron chi connectivity index (χ1n) is 44.5. The molecule has 8 saturated heterocycles. The fourth-order valence-corrected chi connectivity index (χ4v) is 14.0. The molecule has 126 heavy (non-hydrogen) atoms. The second-order valence-electron chi connectivity index (χ2n) is 35.3. The second kappa shape index (κ2) is 48.6. The molecule has 35 heteroatoms. The molecule has 700 valence electrons. The molecule has 0 atom stereocenters. The molecular formula is C91H134N8O27. The molecule has 35 nitrogen and oxygen atoms in total. The van der Waals surface area contributed by atoms with Crippen molar-refractivity contribution in [1.29, 1.82) is 0 Å². The van der Waals surface area contributed by atoms with E-state index in [9.17, 15) is 52.7 Å². The number of nitrogens with zero attached hydrogens (tertiary/aromatic N) is 3. The van der Waals surface area contributed by atoms with Crippen LogP contribution in [0.3, 0.4) is 0 Å². The number of rotatable bonds is 45. The van der Waals surface area contributed by atoms with E-state index < -0.39 is 53.3 Å². The summed E-state index contributed by atoms with van der Waals surface area (Å²) in [5.74, 6) is -1.86. The van der Waals surface area contributed by atoms with Gasteiger partial charge in [-0.25, -0.2) is 52.1 Å². The van der Waals surface area contributed by atoms with Gasteiger partial charge in [-0.15, -0.1) is 0 Å². The Morgan fingerprint density at radius 2 is 0.500 bits per heavy atom. The van der Waals surface area contributed by atoms with Gasteiger partial charge >= 0.3 is 65.4 Å². The zero-order valence-corrected chi connectivity index (χ0v) is 75.1. The van der Waals surface area contributed by atoms with Crippen LogP contribution in [0.2, 0.25) is 0 Å². The van der Waals surface area contributed by atoms with Crippen molar-refractivity contribution in [3.8, 4) is 0 Å². The maximum Gasteiger partial charge on any atom is 0.411 e. The number of carbonyl (C=O) groups excluding carboxylic acids is 8. The lowest BCUT2D eigenvalue weighted by molar-refractivity contribution is -0.171. The van der Waals surface area contributed by atoms with Gasteiger partial charge in [0.25, 0.3) is 0 Å². The van der Waals surface area contributed by atoms with E-state index in [1.807, 2.05) is 100 Å². The molecule has 9 heterocycles. The monoisotopic (exact) mass is 1770 g/mol. The average Bonchev–Trinajstić information content (AvgIpc) is 0.777. The van der Waals surface area contributed by atoms with Crippen LogP contribution >= 0.6 is 0 Å². The highest BCUT2D eigenvalue weighted by atomic mass is 16.6. The number of nitrogens with one attached hydrogen (secondary N) is 5. The minimum Gasteiger partial charge on any atom is -0.465 e. The normalized spacial score (nSPS) is 18.3. The maximum absolute atomic E-state index is 13.3. The predicted molar refractivity (Wildman–Crippen MR) is 463 cm³/mol. The van der Waals surface area contributed by atoms with Crippen molar-refractivity contribution in [2.24, 2.45) is 43.3 Å². The Kier molecular flexibility index (Phi) is 38.7. The van der Waals surface area contributed by atoms with E-state index in [0.29, 0.717) is 163 Å². The van der Waals surface area contributed by atoms with Crippen molar-refractivity contribution in [3.63, 3.8) is 0 Å². The predicted octanol–water partition coefficient (Wildman–Crippen LogP) is 11.3. The Labute approximate surface area is 737 Å². The standard InChI is InChI=1S/C30H45N3O12.C27H34N2O6.C20H36N2O6.C14H19NO3/c1-4-28(13-40-14-28)19-43-22(34)7-10-31-25(37)32(11-8-23(35)44-20-29(5-2)15-41-16-29)27(39)33(26(31)38)12-9-24(36)45-21-30(6-3)17-42-18-30;1-3-26(14-32-15-26)18-34-24(30)28-22-9-5-20(6-10-22)13-21-7-11-23(12-8-21)29-25(31)35-19-27(4-2)16-33-17-27;1-3-19(11-25-12-19)15-27-17(23)21-9-7-5-6-8-10-22-18(24)28-16-20(4-2)13-26-14-20;1-3-14(8-17-9-14)10-18-13(16)15-12-6-4-11(2)5-7-12/h4-21H2,1-3H3;5-12H,3-4,13-19H2,1-2H3,(H,28,30)(H,29,31);3-16H2,1-2H3,(H,21,23)(H,22,24);4-7H,3,8-10H2,1-2H3,(H,15,16). The molecule has 0 unspecified atom stereocenters. The number of aromatic nitrogens is 3. The number of esters is 3. The van der Waals surface area contributed by atoms with E-state index in [1.54, 1.807) is 0 Å². The van der Waals surface area contributed by atoms with Crippen LogP contribution in [-0.4, -0.2) is 234 Å². The van der Waals surface area contributed by atoms with Crippen LogP contribution in [0.5, 0.6) is 0 Å². The fourth-order valence-electron chi connectivity index (χ4n) is 14.0. The summed E-state index contributed by atoms with van der Waals surface area (Å²) in [4.78, 5) is 137. The Hall–Kier alpha value is -9.49. The molecule has 1 aromatic heterocycles. The summed E-state index contributed by atoms with van der Waals surface area (Å²) in [5, 5.41) is 13.8. The van der Waals surface area contributed by atoms with Crippen LogP contribution in [0.4, 0.5) is 41.0 Å². The van der Waals surface area contributed by atoms with Crippen LogP contribution in [0.1, 0.15) is 168 Å². The van der Waals surface area contributed by atoms with E-state index in [0.717, 1.165) is 120 Å². The van der Waals surface area contributed by atoms with Gasteiger partial charge in [0.2, 0.25) is 0 Å². The number of benzene rings is 3. The van der Waals surface area contributed by atoms with Gasteiger partial charge in [-0.3, -0.25) is 30.3 Å². The van der Waals surface area contributed by atoms with Gasteiger partial charge in [0.1, 0.15) is 52.9 Å². The van der Waals surface area contributed by atoms with E-state index in [2.05, 4.69) is 61.2 Å². The average molecular weight is 1770 g/mol. The van der Waals surface area contributed by atoms with Gasteiger partial charge in [-0.2, -0.15) is 0 Å². The van der Waals surface area contributed by atoms with Crippen molar-refractivity contribution < 1.29 is 114 Å². The molecule has 5 N–H and O–H groups in total. The van der Waals surface area contributed by atoms with Crippen molar-refractivity contribution in [1.82, 2.24) is 24.3 Å². The summed E-state index contributed by atoms with van der Waals surface area (Å²) >= 11 is 0. The smallest absolute Gasteiger partial charge is 0.411 e. The zero-order chi connectivity index (χ0) is 90.7. The Balaban J connectivity index is 0.000000199. The number of hydrogen-bond donors (Lipinski definition) is 5. The first kappa shape index (κ1) is 100. The minimum absolute atomic E-state index is 0.0221. The van der Waals surface area contributed by atoms with Gasteiger partial charge in [0, 0.05) is 49.8 Å². The SMILES string of the molecule is CCC1(COC(=O)CCn2c(=O)n(CCC(=O)OCC3(CC)COC3)c(=O)n(CCC(=O)OCC3(CC)COC3)c2=O)COC1.CCC1(COC(=O)NCCCCCCNC(=O)OCC2(CC)COC2)COC1.CCC1(COC(=O)Nc2ccc(C)cc2)COC1.CCC1(COC(=O)Nc2ccc(Cc3ccc(NC(=O)OCC4(CC)COC4)cc3)cc2)COC1. The van der Waals surface area contributed by atoms with Gasteiger partial charge in [-0.1, -0.05) is 110 Å². The number of amides is 5. The van der Waals surface area contributed by atoms with E-state index in [1.165, 1.54) is 0 Å². The second-order valence-corrected chi connectivity index (χ2v) is 35.3. The Bertz CT molecular complexity index is 3960. The zero-order valence-electron chi connectivity index (χ0n) is 75.1.